The maximum Gasteiger partial charge on any atom is 0.165 e. The van der Waals surface area contributed by atoms with Gasteiger partial charge in [-0.15, -0.1) is 0 Å². The van der Waals surface area contributed by atoms with Gasteiger partial charge in [-0.05, 0) is 31.0 Å². The number of hydrogen-bond acceptors (Lipinski definition) is 6. The van der Waals surface area contributed by atoms with Crippen LogP contribution >= 0.6 is 0 Å². The zero-order valence-electron chi connectivity index (χ0n) is 14.5. The van der Waals surface area contributed by atoms with Crippen LogP contribution in [-0.4, -0.2) is 33.7 Å². The van der Waals surface area contributed by atoms with E-state index in [1.54, 1.807) is 20.5 Å². The van der Waals surface area contributed by atoms with Crippen molar-refractivity contribution in [3.63, 3.8) is 0 Å². The van der Waals surface area contributed by atoms with Crippen molar-refractivity contribution in [2.75, 3.05) is 19.5 Å². The van der Waals surface area contributed by atoms with E-state index in [1.165, 1.54) is 12.8 Å². The number of fused-ring (bicyclic) bond motifs is 3. The first-order valence-corrected chi connectivity index (χ1v) is 8.45. The summed E-state index contributed by atoms with van der Waals surface area (Å²) in [4.78, 5) is 13.6. The molecule has 7 heteroatoms. The lowest BCUT2D eigenvalue weighted by molar-refractivity contribution is 0.399. The number of rotatable bonds is 5. The number of nitrogens with zero attached hydrogens (tertiary/aromatic N) is 4. The summed E-state index contributed by atoms with van der Waals surface area (Å²) in [5, 5.41) is 3.38. The standard InChI is InChI=1S/C18H21N5O2/c1-24-13-6-7-14(25-2)12(9-13)10-19-17-16-18(21-11-20-17)23-8-4-3-5-15(23)22-16/h6-7,9,11H,3-5,8,10H2,1-2H3,(H,19,20,21). The van der Waals surface area contributed by atoms with Crippen molar-refractivity contribution in [3.8, 4) is 11.5 Å². The van der Waals surface area contributed by atoms with Crippen LogP contribution in [0.4, 0.5) is 5.82 Å². The maximum atomic E-state index is 5.44. The van der Waals surface area contributed by atoms with Crippen LogP contribution in [0.5, 0.6) is 11.5 Å². The second-order valence-corrected chi connectivity index (χ2v) is 6.06. The van der Waals surface area contributed by atoms with E-state index >= 15 is 0 Å². The Kier molecular flexibility index (Phi) is 4.13. The quantitative estimate of drug-likeness (QED) is 0.770. The highest BCUT2D eigenvalue weighted by molar-refractivity contribution is 5.83. The van der Waals surface area contributed by atoms with E-state index in [0.29, 0.717) is 6.54 Å². The summed E-state index contributed by atoms with van der Waals surface area (Å²) in [5.74, 6) is 3.45. The maximum absolute atomic E-state index is 5.44. The van der Waals surface area contributed by atoms with Gasteiger partial charge < -0.3 is 19.4 Å². The zero-order chi connectivity index (χ0) is 17.2. The van der Waals surface area contributed by atoms with Gasteiger partial charge in [-0.1, -0.05) is 0 Å². The zero-order valence-corrected chi connectivity index (χ0v) is 14.5. The molecule has 0 unspecified atom stereocenters. The molecule has 2 aromatic heterocycles. The molecule has 1 N–H and O–H groups in total. The lowest BCUT2D eigenvalue weighted by Crippen LogP contribution is -2.10. The topological polar surface area (TPSA) is 74.1 Å². The summed E-state index contributed by atoms with van der Waals surface area (Å²) >= 11 is 0. The predicted octanol–water partition coefficient (Wildman–Crippen LogP) is 2.79. The highest BCUT2D eigenvalue weighted by Gasteiger charge is 2.18. The first-order valence-electron chi connectivity index (χ1n) is 8.45. The molecule has 0 saturated carbocycles. The number of aryl methyl sites for hydroxylation is 2. The van der Waals surface area contributed by atoms with Crippen LogP contribution in [0, 0.1) is 0 Å². The van der Waals surface area contributed by atoms with Crippen LogP contribution in [-0.2, 0) is 19.5 Å². The van der Waals surface area contributed by atoms with Gasteiger partial charge in [-0.3, -0.25) is 0 Å². The summed E-state index contributed by atoms with van der Waals surface area (Å²) in [6.45, 7) is 1.54. The molecule has 0 bridgehead atoms. The van der Waals surface area contributed by atoms with Gasteiger partial charge in [-0.2, -0.15) is 0 Å². The molecular formula is C18H21N5O2. The van der Waals surface area contributed by atoms with Crippen molar-refractivity contribution in [2.45, 2.75) is 32.4 Å². The second kappa shape index (κ2) is 6.58. The Morgan fingerprint density at radius 2 is 2.08 bits per heavy atom. The molecule has 130 valence electrons. The predicted molar refractivity (Wildman–Crippen MR) is 95.1 cm³/mol. The summed E-state index contributed by atoms with van der Waals surface area (Å²) in [6.07, 6.45) is 4.95. The molecule has 0 aliphatic carbocycles. The van der Waals surface area contributed by atoms with Gasteiger partial charge in [0, 0.05) is 25.1 Å². The molecule has 1 aliphatic heterocycles. The molecule has 3 heterocycles. The monoisotopic (exact) mass is 339 g/mol. The number of anilines is 1. The van der Waals surface area contributed by atoms with Crippen LogP contribution in [0.3, 0.4) is 0 Å². The van der Waals surface area contributed by atoms with Crippen LogP contribution < -0.4 is 14.8 Å². The summed E-state index contributed by atoms with van der Waals surface area (Å²) in [7, 11) is 3.32. The number of aromatic nitrogens is 4. The van der Waals surface area contributed by atoms with Gasteiger partial charge in [0.25, 0.3) is 0 Å². The van der Waals surface area contributed by atoms with Crippen LogP contribution in [0.2, 0.25) is 0 Å². The molecule has 4 rings (SSSR count). The van der Waals surface area contributed by atoms with Crippen LogP contribution in [0.1, 0.15) is 24.2 Å². The Labute approximate surface area is 146 Å². The Morgan fingerprint density at radius 3 is 2.92 bits per heavy atom. The highest BCUT2D eigenvalue weighted by atomic mass is 16.5. The number of benzene rings is 1. The number of hydrogen-bond donors (Lipinski definition) is 1. The molecule has 0 saturated heterocycles. The first-order chi connectivity index (χ1) is 12.3. The average Bonchev–Trinajstić information content (AvgIpc) is 3.05. The second-order valence-electron chi connectivity index (χ2n) is 6.06. The lowest BCUT2D eigenvalue weighted by Gasteiger charge is -2.13. The lowest BCUT2D eigenvalue weighted by atomic mass is 10.2. The van der Waals surface area contributed by atoms with Crippen LogP contribution in [0.15, 0.2) is 24.5 Å². The Morgan fingerprint density at radius 1 is 1.16 bits per heavy atom. The molecule has 0 spiro atoms. The molecule has 1 aromatic carbocycles. The fourth-order valence-electron chi connectivity index (χ4n) is 3.29. The SMILES string of the molecule is COc1ccc(OC)c(CNc2ncnc3c2nc2n3CCCC2)c1. The molecule has 25 heavy (non-hydrogen) atoms. The smallest absolute Gasteiger partial charge is 0.165 e. The van der Waals surface area contributed by atoms with E-state index in [2.05, 4.69) is 19.9 Å². The van der Waals surface area contributed by atoms with Gasteiger partial charge in [0.15, 0.2) is 17.0 Å². The third-order valence-corrected chi connectivity index (χ3v) is 4.58. The molecule has 3 aromatic rings. The summed E-state index contributed by atoms with van der Waals surface area (Å²) < 4.78 is 13.0. The Balaban J connectivity index is 1.64. The third-order valence-electron chi connectivity index (χ3n) is 4.58. The average molecular weight is 339 g/mol. The minimum Gasteiger partial charge on any atom is -0.497 e. The van der Waals surface area contributed by atoms with E-state index in [9.17, 15) is 0 Å². The molecule has 0 fully saturated rings. The van der Waals surface area contributed by atoms with E-state index < -0.39 is 0 Å². The minimum atomic E-state index is 0.564. The largest absolute Gasteiger partial charge is 0.497 e. The number of methoxy groups -OCH3 is 2. The molecule has 0 radical (unpaired) electrons. The van der Waals surface area contributed by atoms with Crippen molar-refractivity contribution in [1.82, 2.24) is 19.5 Å². The Hall–Kier alpha value is -2.83. The van der Waals surface area contributed by atoms with E-state index in [-0.39, 0.29) is 0 Å². The van der Waals surface area contributed by atoms with E-state index in [4.69, 9.17) is 14.5 Å². The van der Waals surface area contributed by atoms with Crippen molar-refractivity contribution in [1.29, 1.82) is 0 Å². The Bertz CT molecular complexity index is 906. The molecule has 0 amide bonds. The number of ether oxygens (including phenoxy) is 2. The van der Waals surface area contributed by atoms with Crippen molar-refractivity contribution < 1.29 is 9.47 Å². The van der Waals surface area contributed by atoms with Crippen molar-refractivity contribution in [3.05, 3.63) is 35.9 Å². The summed E-state index contributed by atoms with van der Waals surface area (Å²) in [6, 6.07) is 5.75. The normalized spacial score (nSPS) is 13.5. The molecule has 0 atom stereocenters. The van der Waals surface area contributed by atoms with E-state index in [0.717, 1.165) is 52.8 Å². The van der Waals surface area contributed by atoms with Gasteiger partial charge in [-0.25, -0.2) is 15.0 Å². The van der Waals surface area contributed by atoms with Crippen molar-refractivity contribution >= 4 is 17.0 Å². The molecule has 1 aliphatic rings. The minimum absolute atomic E-state index is 0.564. The van der Waals surface area contributed by atoms with Crippen molar-refractivity contribution in [2.24, 2.45) is 0 Å². The van der Waals surface area contributed by atoms with Gasteiger partial charge in [0.05, 0.1) is 14.2 Å². The summed E-state index contributed by atoms with van der Waals surface area (Å²) in [5.41, 5.74) is 2.74. The van der Waals surface area contributed by atoms with Gasteiger partial charge >= 0.3 is 0 Å². The molecular weight excluding hydrogens is 318 g/mol. The molecule has 7 nitrogen and oxygen atoms in total. The van der Waals surface area contributed by atoms with Crippen LogP contribution in [0.25, 0.3) is 11.2 Å². The first kappa shape index (κ1) is 15.7. The fraction of sp³-hybridized carbons (Fsp3) is 0.389. The van der Waals surface area contributed by atoms with E-state index in [1.807, 2.05) is 18.2 Å². The number of imidazole rings is 1. The van der Waals surface area contributed by atoms with Gasteiger partial charge in [0.1, 0.15) is 23.7 Å². The number of nitrogens with one attached hydrogen (secondary N) is 1. The van der Waals surface area contributed by atoms with Gasteiger partial charge in [0.2, 0.25) is 0 Å². The fourth-order valence-corrected chi connectivity index (χ4v) is 3.29. The highest BCUT2D eigenvalue weighted by Crippen LogP contribution is 2.27. The third kappa shape index (κ3) is 2.86.